The summed E-state index contributed by atoms with van der Waals surface area (Å²) in [7, 11) is 0. The SMILES string of the molecule is Cc1cc(C[C@H]2COC[C@H]2NC(=O)c2nc(C)sc2C)on1. The summed E-state index contributed by atoms with van der Waals surface area (Å²) in [4.78, 5) is 17.6. The molecule has 1 aliphatic heterocycles. The lowest BCUT2D eigenvalue weighted by molar-refractivity contribution is 0.0919. The van der Waals surface area contributed by atoms with Crippen molar-refractivity contribution in [2.24, 2.45) is 5.92 Å². The minimum atomic E-state index is -0.129. The van der Waals surface area contributed by atoms with E-state index in [0.29, 0.717) is 25.3 Å². The molecule has 0 unspecified atom stereocenters. The fraction of sp³-hybridized carbons (Fsp3) is 0.533. The molecule has 1 N–H and O–H groups in total. The second-order valence-electron chi connectivity index (χ2n) is 5.65. The Morgan fingerprint density at radius 1 is 1.41 bits per heavy atom. The van der Waals surface area contributed by atoms with Gasteiger partial charge in [0, 0.05) is 23.3 Å². The van der Waals surface area contributed by atoms with Crippen LogP contribution in [0.1, 0.15) is 31.8 Å². The lowest BCUT2D eigenvalue weighted by Crippen LogP contribution is -2.41. The molecule has 1 aliphatic rings. The molecular formula is C15H19N3O3S. The van der Waals surface area contributed by atoms with E-state index in [-0.39, 0.29) is 17.9 Å². The molecule has 0 saturated carbocycles. The molecule has 0 aromatic carbocycles. The summed E-state index contributed by atoms with van der Waals surface area (Å²) in [6, 6.07) is 1.89. The lowest BCUT2D eigenvalue weighted by atomic mass is 9.98. The summed E-state index contributed by atoms with van der Waals surface area (Å²) >= 11 is 1.54. The number of rotatable bonds is 4. The van der Waals surface area contributed by atoms with Crippen molar-refractivity contribution in [3.05, 3.63) is 33.1 Å². The zero-order valence-corrected chi connectivity index (χ0v) is 13.7. The number of carbonyl (C=O) groups excluding carboxylic acids is 1. The van der Waals surface area contributed by atoms with E-state index in [1.54, 1.807) is 0 Å². The monoisotopic (exact) mass is 321 g/mol. The number of aromatic nitrogens is 2. The van der Waals surface area contributed by atoms with Crippen LogP contribution in [0.5, 0.6) is 0 Å². The third-order valence-corrected chi connectivity index (χ3v) is 4.66. The normalized spacial score (nSPS) is 21.2. The van der Waals surface area contributed by atoms with Crippen molar-refractivity contribution in [2.45, 2.75) is 33.2 Å². The van der Waals surface area contributed by atoms with Crippen molar-refractivity contribution >= 4 is 17.2 Å². The van der Waals surface area contributed by atoms with Gasteiger partial charge in [0.1, 0.15) is 11.5 Å². The van der Waals surface area contributed by atoms with Crippen LogP contribution in [0.15, 0.2) is 10.6 Å². The Kier molecular flexibility index (Phi) is 4.26. The third kappa shape index (κ3) is 3.20. The van der Waals surface area contributed by atoms with Crippen LogP contribution in [-0.4, -0.2) is 35.3 Å². The Labute approximate surface area is 132 Å². The van der Waals surface area contributed by atoms with E-state index in [1.807, 2.05) is 26.8 Å². The van der Waals surface area contributed by atoms with Crippen molar-refractivity contribution in [2.75, 3.05) is 13.2 Å². The fourth-order valence-electron chi connectivity index (χ4n) is 2.71. The van der Waals surface area contributed by atoms with Gasteiger partial charge >= 0.3 is 0 Å². The van der Waals surface area contributed by atoms with E-state index in [9.17, 15) is 4.79 Å². The second-order valence-corrected chi connectivity index (χ2v) is 7.06. The molecule has 3 heterocycles. The minimum Gasteiger partial charge on any atom is -0.379 e. The maximum Gasteiger partial charge on any atom is 0.271 e. The average Bonchev–Trinajstić information content (AvgIpc) is 3.13. The van der Waals surface area contributed by atoms with E-state index in [4.69, 9.17) is 9.26 Å². The van der Waals surface area contributed by atoms with Crippen molar-refractivity contribution in [3.8, 4) is 0 Å². The molecule has 6 nitrogen and oxygen atoms in total. The second kappa shape index (κ2) is 6.18. The van der Waals surface area contributed by atoms with Crippen molar-refractivity contribution in [1.82, 2.24) is 15.5 Å². The van der Waals surface area contributed by atoms with Gasteiger partial charge in [0.2, 0.25) is 0 Å². The van der Waals surface area contributed by atoms with Gasteiger partial charge < -0.3 is 14.6 Å². The number of hydrogen-bond acceptors (Lipinski definition) is 6. The maximum atomic E-state index is 12.4. The highest BCUT2D eigenvalue weighted by molar-refractivity contribution is 7.11. The number of carbonyl (C=O) groups is 1. The van der Waals surface area contributed by atoms with E-state index >= 15 is 0 Å². The fourth-order valence-corrected chi connectivity index (χ4v) is 3.52. The summed E-state index contributed by atoms with van der Waals surface area (Å²) in [6.45, 7) is 6.85. The number of nitrogens with one attached hydrogen (secondary N) is 1. The van der Waals surface area contributed by atoms with Crippen LogP contribution in [0.25, 0.3) is 0 Å². The molecule has 1 fully saturated rings. The van der Waals surface area contributed by atoms with Gasteiger partial charge in [0.15, 0.2) is 0 Å². The van der Waals surface area contributed by atoms with E-state index in [1.165, 1.54) is 11.3 Å². The van der Waals surface area contributed by atoms with Gasteiger partial charge in [-0.05, 0) is 20.8 Å². The Morgan fingerprint density at radius 2 is 2.23 bits per heavy atom. The Balaban J connectivity index is 1.66. The summed E-state index contributed by atoms with van der Waals surface area (Å²) in [5.74, 6) is 0.889. The first kappa shape index (κ1) is 15.2. The molecule has 0 aliphatic carbocycles. The van der Waals surface area contributed by atoms with Crippen molar-refractivity contribution in [3.63, 3.8) is 0 Å². The van der Waals surface area contributed by atoms with Gasteiger partial charge in [0.05, 0.1) is 30.0 Å². The third-order valence-electron chi connectivity index (χ3n) is 3.77. The number of aryl methyl sites for hydroxylation is 3. The van der Waals surface area contributed by atoms with Crippen LogP contribution in [0, 0.1) is 26.7 Å². The highest BCUT2D eigenvalue weighted by Crippen LogP contribution is 2.21. The van der Waals surface area contributed by atoms with Gasteiger partial charge in [-0.15, -0.1) is 11.3 Å². The first-order valence-corrected chi connectivity index (χ1v) is 8.09. The summed E-state index contributed by atoms with van der Waals surface area (Å²) < 4.78 is 10.8. The number of amides is 1. The number of nitrogens with zero attached hydrogens (tertiary/aromatic N) is 2. The van der Waals surface area contributed by atoms with Crippen LogP contribution >= 0.6 is 11.3 Å². The molecule has 2 aromatic rings. The average molecular weight is 321 g/mol. The van der Waals surface area contributed by atoms with Gasteiger partial charge in [-0.2, -0.15) is 0 Å². The lowest BCUT2D eigenvalue weighted by Gasteiger charge is -2.17. The smallest absolute Gasteiger partial charge is 0.271 e. The molecule has 0 spiro atoms. The number of hydrogen-bond donors (Lipinski definition) is 1. The molecule has 7 heteroatoms. The molecule has 2 aromatic heterocycles. The van der Waals surface area contributed by atoms with Gasteiger partial charge in [-0.3, -0.25) is 4.79 Å². The highest BCUT2D eigenvalue weighted by Gasteiger charge is 2.31. The van der Waals surface area contributed by atoms with E-state index < -0.39 is 0 Å². The number of ether oxygens (including phenoxy) is 1. The van der Waals surface area contributed by atoms with Crippen LogP contribution in [-0.2, 0) is 11.2 Å². The zero-order valence-electron chi connectivity index (χ0n) is 12.9. The predicted molar refractivity (Wildman–Crippen MR) is 82.1 cm³/mol. The minimum absolute atomic E-state index is 0.0284. The Hall–Kier alpha value is -1.73. The zero-order chi connectivity index (χ0) is 15.7. The van der Waals surface area contributed by atoms with Crippen molar-refractivity contribution in [1.29, 1.82) is 0 Å². The molecule has 1 amide bonds. The largest absolute Gasteiger partial charge is 0.379 e. The standard InChI is InChI=1S/C15H19N3O3S/c1-8-4-12(21-18-8)5-11-6-20-7-13(11)17-15(19)14-9(2)22-10(3)16-14/h4,11,13H,5-7H2,1-3H3,(H,17,19)/t11-,13+/m0/s1. The van der Waals surface area contributed by atoms with Crippen LogP contribution in [0.4, 0.5) is 0 Å². The summed E-state index contributed by atoms with van der Waals surface area (Å²) in [5, 5.41) is 7.84. The molecule has 1 saturated heterocycles. The van der Waals surface area contributed by atoms with Gasteiger partial charge in [-0.1, -0.05) is 5.16 Å². The van der Waals surface area contributed by atoms with Crippen LogP contribution < -0.4 is 5.32 Å². The van der Waals surface area contributed by atoms with Gasteiger partial charge in [-0.25, -0.2) is 4.98 Å². The Bertz CT molecular complexity index is 679. The predicted octanol–water partition coefficient (Wildman–Crippen LogP) is 2.04. The molecule has 2 atom stereocenters. The van der Waals surface area contributed by atoms with Gasteiger partial charge in [0.25, 0.3) is 5.91 Å². The van der Waals surface area contributed by atoms with E-state index in [0.717, 1.165) is 21.3 Å². The molecule has 0 bridgehead atoms. The topological polar surface area (TPSA) is 77.2 Å². The van der Waals surface area contributed by atoms with Crippen LogP contribution in [0.2, 0.25) is 0 Å². The Morgan fingerprint density at radius 3 is 2.86 bits per heavy atom. The molecule has 22 heavy (non-hydrogen) atoms. The first-order chi connectivity index (χ1) is 10.5. The quantitative estimate of drug-likeness (QED) is 0.932. The van der Waals surface area contributed by atoms with Crippen molar-refractivity contribution < 1.29 is 14.1 Å². The molecular weight excluding hydrogens is 302 g/mol. The maximum absolute atomic E-state index is 12.4. The molecule has 0 radical (unpaired) electrons. The molecule has 118 valence electrons. The van der Waals surface area contributed by atoms with E-state index in [2.05, 4.69) is 15.5 Å². The summed E-state index contributed by atoms with van der Waals surface area (Å²) in [6.07, 6.45) is 0.709. The number of thiazole rings is 1. The summed E-state index contributed by atoms with van der Waals surface area (Å²) in [5.41, 5.74) is 1.38. The van der Waals surface area contributed by atoms with Crippen LogP contribution in [0.3, 0.4) is 0 Å². The molecule has 3 rings (SSSR count). The highest BCUT2D eigenvalue weighted by atomic mass is 32.1. The first-order valence-electron chi connectivity index (χ1n) is 7.27.